The third-order valence-corrected chi connectivity index (χ3v) is 39.4. The minimum atomic E-state index is -2.60. The van der Waals surface area contributed by atoms with Gasteiger partial charge < -0.3 is 36.7 Å². The zero-order valence-corrected chi connectivity index (χ0v) is 51.4. The Kier molecular flexibility index (Phi) is 15.6. The fourth-order valence-electron chi connectivity index (χ4n) is 7.34. The predicted octanol–water partition coefficient (Wildman–Crippen LogP) is 14.8. The topological polar surface area (TPSA) is 84.8 Å². The van der Waals surface area contributed by atoms with Crippen LogP contribution in [0.5, 0.6) is 0 Å². The molecule has 2 aliphatic heterocycles. The molecule has 0 amide bonds. The first kappa shape index (κ1) is 56.5. The highest BCUT2D eigenvalue weighted by atomic mass is 28.4. The molecule has 13 heteroatoms. The van der Waals surface area contributed by atoms with Crippen LogP contribution in [0.25, 0.3) is 0 Å². The molecule has 8 nitrogen and oxygen atoms in total. The van der Waals surface area contributed by atoms with Crippen LogP contribution in [0.15, 0.2) is 60.1 Å². The Bertz CT molecular complexity index is 1950. The second-order valence-corrected chi connectivity index (χ2v) is 51.1. The van der Waals surface area contributed by atoms with Gasteiger partial charge in [-0.2, -0.15) is 0 Å². The van der Waals surface area contributed by atoms with Crippen molar-refractivity contribution in [1.82, 2.24) is 0 Å². The average molecular weight is 990 g/mol. The van der Waals surface area contributed by atoms with Crippen LogP contribution in [0.2, 0.25) is 90.7 Å². The molecule has 1 aromatic carbocycles. The molecule has 0 saturated carbocycles. The highest BCUT2D eigenvalue weighted by Crippen LogP contribution is 2.55. The van der Waals surface area contributed by atoms with Gasteiger partial charge in [0.05, 0.1) is 12.2 Å². The van der Waals surface area contributed by atoms with Gasteiger partial charge in [-0.15, -0.1) is 0 Å². The van der Waals surface area contributed by atoms with Gasteiger partial charge in [-0.1, -0.05) is 128 Å². The van der Waals surface area contributed by atoms with E-state index in [1.54, 1.807) is 0 Å². The van der Waals surface area contributed by atoms with Crippen molar-refractivity contribution in [3.63, 3.8) is 0 Å². The summed E-state index contributed by atoms with van der Waals surface area (Å²) in [5, 5.41) is 13.2. The van der Waals surface area contributed by atoms with E-state index in [-0.39, 0.29) is 43.5 Å². The van der Waals surface area contributed by atoms with Crippen LogP contribution >= 0.6 is 0 Å². The molecule has 0 spiro atoms. The molecule has 4 rings (SSSR count). The second-order valence-electron chi connectivity index (χ2n) is 27.3. The summed E-state index contributed by atoms with van der Waals surface area (Å²) in [6, 6.07) is 8.13. The standard InChI is InChI=1S/C52H96O8Si5/c1-36-44(58-63(22,23)48(9,10)11)40(56-61(18,19)46(3,4)5)34-42(54-36)51(53)32-33-52(39-31-29-28-30-38(39)51,60-65(26,27)50(15,16)17)43-35-41(57-62(20,21)47(6,7)8)45(37(2)55-43)59-64(24,25)49(12,13)14/h28-37,40-41,44-45,53H,1-27H3/t36-,37-,40-,41-,44-,45-,51?,52?/m0/s1. The maximum Gasteiger partial charge on any atom is 0.194 e. The Hall–Kier alpha value is -1.12. The van der Waals surface area contributed by atoms with Crippen LogP contribution in [0.3, 0.4) is 0 Å². The summed E-state index contributed by atoms with van der Waals surface area (Å²) in [4.78, 5) is 0. The van der Waals surface area contributed by atoms with Crippen LogP contribution in [-0.2, 0) is 42.8 Å². The Balaban J connectivity index is 2.05. The SMILES string of the molecule is C[C@@H]1OC(C2(O)C=CC(O[Si](C)(C)C(C)(C)C)(C3=C[C@H](O[Si](C)(C)C(C)(C)C)[C@@H](O[Si](C)(C)C(C)(C)C)[C@H](C)O3)c3ccccc32)=C[C@H](O[Si](C)(C)C(C)(C)C)[C@H]1O[Si](C)(C)C(C)(C)C. The van der Waals surface area contributed by atoms with Crippen LogP contribution in [0, 0.1) is 0 Å². The maximum absolute atomic E-state index is 13.5. The maximum atomic E-state index is 13.5. The van der Waals surface area contributed by atoms with Gasteiger partial charge in [0.15, 0.2) is 52.8 Å². The molecule has 1 aromatic rings. The minimum absolute atomic E-state index is 0.0145. The van der Waals surface area contributed by atoms with Gasteiger partial charge in [-0.3, -0.25) is 0 Å². The minimum Gasteiger partial charge on any atom is -0.489 e. The van der Waals surface area contributed by atoms with Crippen molar-refractivity contribution in [2.45, 2.75) is 256 Å². The van der Waals surface area contributed by atoms with E-state index in [9.17, 15) is 5.11 Å². The molecule has 1 aliphatic carbocycles. The zero-order valence-electron chi connectivity index (χ0n) is 46.4. The molecular formula is C52H96O8Si5. The van der Waals surface area contributed by atoms with E-state index in [4.69, 9.17) is 31.6 Å². The molecule has 8 atom stereocenters. The Morgan fingerprint density at radius 2 is 0.785 bits per heavy atom. The van der Waals surface area contributed by atoms with E-state index in [0.717, 1.165) is 5.56 Å². The van der Waals surface area contributed by atoms with Crippen molar-refractivity contribution < 1.29 is 36.7 Å². The van der Waals surface area contributed by atoms with Crippen molar-refractivity contribution in [1.29, 1.82) is 0 Å². The van der Waals surface area contributed by atoms with Gasteiger partial charge in [0.25, 0.3) is 0 Å². The molecule has 1 N–H and O–H groups in total. The van der Waals surface area contributed by atoms with Gasteiger partial charge in [0, 0.05) is 11.1 Å². The molecule has 0 aromatic heterocycles. The summed E-state index contributed by atoms with van der Waals surface area (Å²) in [5.41, 5.74) is -1.38. The highest BCUT2D eigenvalue weighted by Gasteiger charge is 2.58. The van der Waals surface area contributed by atoms with E-state index in [1.807, 2.05) is 36.4 Å². The number of aliphatic hydroxyl groups is 1. The second kappa shape index (κ2) is 17.9. The average Bonchev–Trinajstić information content (AvgIpc) is 3.09. The summed E-state index contributed by atoms with van der Waals surface area (Å²) in [6.07, 6.45) is 5.81. The van der Waals surface area contributed by atoms with Crippen LogP contribution in [0.4, 0.5) is 0 Å². The van der Waals surface area contributed by atoms with Crippen molar-refractivity contribution in [3.8, 4) is 0 Å². The number of rotatable bonds is 12. The van der Waals surface area contributed by atoms with Crippen LogP contribution < -0.4 is 0 Å². The monoisotopic (exact) mass is 989 g/mol. The van der Waals surface area contributed by atoms with E-state index >= 15 is 0 Å². The van der Waals surface area contributed by atoms with Crippen molar-refractivity contribution >= 4 is 41.6 Å². The summed E-state index contributed by atoms with van der Waals surface area (Å²) < 4.78 is 51.2. The predicted molar refractivity (Wildman–Crippen MR) is 285 cm³/mol. The van der Waals surface area contributed by atoms with Crippen molar-refractivity contribution in [2.24, 2.45) is 0 Å². The molecule has 0 bridgehead atoms. The zero-order chi connectivity index (χ0) is 50.4. The first-order chi connectivity index (χ1) is 28.8. The van der Waals surface area contributed by atoms with Crippen LogP contribution in [0.1, 0.15) is 129 Å². The van der Waals surface area contributed by atoms with Crippen molar-refractivity contribution in [2.75, 3.05) is 0 Å². The molecular weight excluding hydrogens is 893 g/mol. The van der Waals surface area contributed by atoms with Crippen molar-refractivity contribution in [3.05, 3.63) is 71.2 Å². The lowest BCUT2D eigenvalue weighted by Crippen LogP contribution is -2.58. The fourth-order valence-corrected chi connectivity index (χ4v) is 13.9. The molecule has 0 radical (unpaired) electrons. The van der Waals surface area contributed by atoms with E-state index in [1.165, 1.54) is 0 Å². The third kappa shape index (κ3) is 11.3. The molecule has 0 saturated heterocycles. The first-order valence-corrected chi connectivity index (χ1v) is 39.0. The van der Waals surface area contributed by atoms with E-state index in [2.05, 4.69) is 195 Å². The molecule has 2 heterocycles. The number of hydrogen-bond acceptors (Lipinski definition) is 8. The van der Waals surface area contributed by atoms with Crippen LogP contribution in [-0.4, -0.2) is 83.3 Å². The molecule has 65 heavy (non-hydrogen) atoms. The molecule has 2 unspecified atom stereocenters. The highest BCUT2D eigenvalue weighted by molar-refractivity contribution is 6.76. The number of fused-ring (bicyclic) bond motifs is 1. The van der Waals surface area contributed by atoms with Gasteiger partial charge in [0.1, 0.15) is 35.9 Å². The summed E-state index contributed by atoms with van der Waals surface area (Å²) in [5.74, 6) is 1.09. The fraction of sp³-hybridized carbons (Fsp3) is 0.769. The summed E-state index contributed by atoms with van der Waals surface area (Å²) >= 11 is 0. The smallest absolute Gasteiger partial charge is 0.194 e. The van der Waals surface area contributed by atoms with Gasteiger partial charge in [0.2, 0.25) is 0 Å². The summed E-state index contributed by atoms with van der Waals surface area (Å²) in [6.45, 7) is 61.2. The third-order valence-electron chi connectivity index (χ3n) is 17.0. The van der Waals surface area contributed by atoms with Gasteiger partial charge >= 0.3 is 0 Å². The lowest BCUT2D eigenvalue weighted by Gasteiger charge is -2.52. The van der Waals surface area contributed by atoms with Gasteiger partial charge in [-0.05, 0) is 129 Å². The Morgan fingerprint density at radius 1 is 0.462 bits per heavy atom. The number of ether oxygens (including phenoxy) is 2. The van der Waals surface area contributed by atoms with Gasteiger partial charge in [-0.25, -0.2) is 0 Å². The number of hydrogen-bond donors (Lipinski definition) is 1. The lowest BCUT2D eigenvalue weighted by atomic mass is 9.73. The lowest BCUT2D eigenvalue weighted by molar-refractivity contribution is -0.0880. The summed E-state index contributed by atoms with van der Waals surface area (Å²) in [7, 11) is -11.9. The molecule has 3 aliphatic rings. The number of benzene rings is 1. The quantitative estimate of drug-likeness (QED) is 0.164. The largest absolute Gasteiger partial charge is 0.489 e. The first-order valence-electron chi connectivity index (χ1n) is 24.5. The van der Waals surface area contributed by atoms with E-state index < -0.39 is 71.1 Å². The molecule has 372 valence electrons. The normalized spacial score (nSPS) is 29.1. The Morgan fingerprint density at radius 3 is 1.15 bits per heavy atom. The van der Waals surface area contributed by atoms with E-state index in [0.29, 0.717) is 17.1 Å². The Labute approximate surface area is 403 Å². The molecule has 0 fully saturated rings.